The van der Waals surface area contributed by atoms with Crippen molar-refractivity contribution in [2.75, 3.05) is 6.26 Å². The number of benzene rings is 3. The molecule has 0 saturated heterocycles. The van der Waals surface area contributed by atoms with Crippen LogP contribution in [-0.2, 0) is 16.4 Å². The van der Waals surface area contributed by atoms with Crippen molar-refractivity contribution in [1.82, 2.24) is 9.78 Å². The molecule has 9 heteroatoms. The molecule has 0 spiro atoms. The largest absolute Gasteiger partial charge is 0.275 e. The van der Waals surface area contributed by atoms with E-state index in [4.69, 9.17) is 0 Å². The molecule has 0 aliphatic rings. The number of rotatable bonds is 5. The van der Waals surface area contributed by atoms with Gasteiger partial charge in [0.2, 0.25) is 0 Å². The molecule has 0 saturated carbocycles. The zero-order valence-electron chi connectivity index (χ0n) is 17.3. The Morgan fingerprint density at radius 2 is 1.48 bits per heavy atom. The van der Waals surface area contributed by atoms with Crippen molar-refractivity contribution < 1.29 is 21.6 Å². The summed E-state index contributed by atoms with van der Waals surface area (Å²) in [6.07, 6.45) is 2.52. The van der Waals surface area contributed by atoms with Crippen LogP contribution in [0, 0.1) is 17.5 Å². The summed E-state index contributed by atoms with van der Waals surface area (Å²) in [4.78, 5) is 13.5. The van der Waals surface area contributed by atoms with Crippen molar-refractivity contribution in [3.05, 3.63) is 106 Å². The predicted octanol–water partition coefficient (Wildman–Crippen LogP) is 4.45. The molecule has 0 fully saturated rings. The van der Waals surface area contributed by atoms with E-state index in [2.05, 4.69) is 5.10 Å². The third-order valence-electron chi connectivity index (χ3n) is 5.09. The molecule has 0 atom stereocenters. The predicted molar refractivity (Wildman–Crippen MR) is 118 cm³/mol. The Balaban J connectivity index is 1.86. The van der Waals surface area contributed by atoms with Gasteiger partial charge in [0, 0.05) is 11.8 Å². The maximum absolute atomic E-state index is 13.6. The lowest BCUT2D eigenvalue weighted by molar-refractivity contribution is 0.505. The number of hydrogen-bond acceptors (Lipinski definition) is 4. The summed E-state index contributed by atoms with van der Waals surface area (Å²) in [7, 11) is -3.41. The molecular formula is C24H17F3N2O3S. The van der Waals surface area contributed by atoms with Gasteiger partial charge in [-0.25, -0.2) is 26.3 Å². The summed E-state index contributed by atoms with van der Waals surface area (Å²) in [5.74, 6) is -2.52. The average Bonchev–Trinajstić information content (AvgIpc) is 2.78. The van der Waals surface area contributed by atoms with E-state index >= 15 is 0 Å². The number of halogens is 3. The highest BCUT2D eigenvalue weighted by Crippen LogP contribution is 2.30. The molecule has 5 nitrogen and oxygen atoms in total. The summed E-state index contributed by atoms with van der Waals surface area (Å²) in [6, 6.07) is 14.6. The minimum atomic E-state index is -3.41. The molecule has 3 aromatic carbocycles. The van der Waals surface area contributed by atoms with Gasteiger partial charge in [0.25, 0.3) is 5.56 Å². The van der Waals surface area contributed by atoms with Crippen LogP contribution in [0.1, 0.15) is 5.56 Å². The van der Waals surface area contributed by atoms with E-state index in [9.17, 15) is 26.4 Å². The van der Waals surface area contributed by atoms with Gasteiger partial charge < -0.3 is 0 Å². The number of aromatic nitrogens is 2. The average molecular weight is 470 g/mol. The molecule has 168 valence electrons. The molecule has 0 unspecified atom stereocenters. The molecule has 4 rings (SSSR count). The van der Waals surface area contributed by atoms with Crippen molar-refractivity contribution in [2.24, 2.45) is 0 Å². The van der Waals surface area contributed by atoms with Crippen molar-refractivity contribution in [3.8, 4) is 22.3 Å². The molecule has 0 aliphatic heterocycles. The normalized spacial score (nSPS) is 11.5. The fraction of sp³-hybridized carbons (Fsp3) is 0.0833. The molecule has 1 heterocycles. The van der Waals surface area contributed by atoms with Crippen molar-refractivity contribution >= 4 is 9.84 Å². The van der Waals surface area contributed by atoms with Crippen molar-refractivity contribution in [3.63, 3.8) is 0 Å². The first kappa shape index (κ1) is 22.5. The first-order valence-electron chi connectivity index (χ1n) is 9.74. The van der Waals surface area contributed by atoms with Gasteiger partial charge in [0.1, 0.15) is 5.82 Å². The second kappa shape index (κ2) is 8.67. The van der Waals surface area contributed by atoms with E-state index in [1.54, 1.807) is 12.1 Å². The number of hydrogen-bond donors (Lipinski definition) is 0. The van der Waals surface area contributed by atoms with E-state index in [-0.39, 0.29) is 17.0 Å². The zero-order chi connectivity index (χ0) is 23.8. The molecular weight excluding hydrogens is 453 g/mol. The van der Waals surface area contributed by atoms with Crippen molar-refractivity contribution in [1.29, 1.82) is 0 Å². The molecule has 1 aromatic heterocycles. The highest BCUT2D eigenvalue weighted by Gasteiger charge is 2.17. The molecule has 0 bridgehead atoms. The number of nitrogens with zero attached hydrogens (tertiary/aromatic N) is 2. The molecule has 0 N–H and O–H groups in total. The molecule has 33 heavy (non-hydrogen) atoms. The van der Waals surface area contributed by atoms with Crippen LogP contribution in [0.25, 0.3) is 22.3 Å². The lowest BCUT2D eigenvalue weighted by atomic mass is 9.97. The second-order valence-electron chi connectivity index (χ2n) is 7.45. The molecule has 0 radical (unpaired) electrons. The van der Waals surface area contributed by atoms with Crippen LogP contribution in [0.15, 0.2) is 82.6 Å². The van der Waals surface area contributed by atoms with Gasteiger partial charge >= 0.3 is 0 Å². The topological polar surface area (TPSA) is 69.0 Å². The van der Waals surface area contributed by atoms with Gasteiger partial charge in [-0.05, 0) is 53.1 Å². The lowest BCUT2D eigenvalue weighted by Crippen LogP contribution is -2.25. The number of sulfone groups is 1. The fourth-order valence-corrected chi connectivity index (χ4v) is 4.04. The first-order valence-corrected chi connectivity index (χ1v) is 11.6. The van der Waals surface area contributed by atoms with Crippen LogP contribution < -0.4 is 5.56 Å². The Morgan fingerprint density at radius 3 is 2.09 bits per heavy atom. The van der Waals surface area contributed by atoms with E-state index < -0.39 is 32.8 Å². The minimum absolute atomic E-state index is 0.114. The Kier molecular flexibility index (Phi) is 5.90. The monoisotopic (exact) mass is 470 g/mol. The summed E-state index contributed by atoms with van der Waals surface area (Å²) < 4.78 is 65.0. The van der Waals surface area contributed by atoms with Crippen LogP contribution in [0.4, 0.5) is 13.2 Å². The maximum Gasteiger partial charge on any atom is 0.275 e. The Hall–Kier alpha value is -3.72. The third kappa shape index (κ3) is 4.73. The SMILES string of the molecule is CS(=O)(=O)c1ccc(-c2cnn(Cc3ccc(F)c(F)c3)c(=O)c2-c2ccc(F)cc2)cc1. The van der Waals surface area contributed by atoms with Crippen LogP contribution in [0.2, 0.25) is 0 Å². The Morgan fingerprint density at radius 1 is 0.848 bits per heavy atom. The van der Waals surface area contributed by atoms with Gasteiger partial charge in [-0.2, -0.15) is 5.10 Å². The second-order valence-corrected chi connectivity index (χ2v) is 9.46. The van der Waals surface area contributed by atoms with E-state index in [0.717, 1.165) is 23.1 Å². The fourth-order valence-electron chi connectivity index (χ4n) is 3.41. The Labute approximate surface area is 187 Å². The van der Waals surface area contributed by atoms with Crippen molar-refractivity contribution in [2.45, 2.75) is 11.4 Å². The lowest BCUT2D eigenvalue weighted by Gasteiger charge is -2.13. The minimum Gasteiger partial charge on any atom is -0.267 e. The summed E-state index contributed by atoms with van der Waals surface area (Å²) >= 11 is 0. The third-order valence-corrected chi connectivity index (χ3v) is 6.22. The molecule has 0 aliphatic carbocycles. The van der Waals surface area contributed by atoms with E-state index in [1.165, 1.54) is 48.7 Å². The standard InChI is InChI=1S/C24H17F3N2O3S/c1-33(31,32)19-9-5-16(6-10-19)20-13-28-29(14-15-2-11-21(26)22(27)12-15)24(30)23(20)17-3-7-18(25)8-4-17/h2-13H,14H2,1H3. The highest BCUT2D eigenvalue weighted by atomic mass is 32.2. The highest BCUT2D eigenvalue weighted by molar-refractivity contribution is 7.90. The summed E-state index contributed by atoms with van der Waals surface area (Å²) in [5.41, 5.74) is 1.37. The maximum atomic E-state index is 13.6. The Bertz CT molecular complexity index is 1500. The van der Waals surface area contributed by atoms with Gasteiger partial charge in [0.15, 0.2) is 21.5 Å². The van der Waals surface area contributed by atoms with E-state index in [1.807, 2.05) is 0 Å². The quantitative estimate of drug-likeness (QED) is 0.432. The van der Waals surface area contributed by atoms with Crippen LogP contribution in [0.3, 0.4) is 0 Å². The van der Waals surface area contributed by atoms with Crippen LogP contribution in [-0.4, -0.2) is 24.5 Å². The van der Waals surface area contributed by atoms with Gasteiger partial charge in [-0.1, -0.05) is 30.3 Å². The summed E-state index contributed by atoms with van der Waals surface area (Å²) in [6.45, 7) is -0.114. The smallest absolute Gasteiger partial charge is 0.267 e. The molecule has 0 amide bonds. The van der Waals surface area contributed by atoms with Gasteiger partial charge in [0.05, 0.1) is 23.2 Å². The van der Waals surface area contributed by atoms with Gasteiger partial charge in [-0.15, -0.1) is 0 Å². The first-order chi connectivity index (χ1) is 15.6. The van der Waals surface area contributed by atoms with Gasteiger partial charge in [-0.3, -0.25) is 4.79 Å². The van der Waals surface area contributed by atoms with E-state index in [0.29, 0.717) is 22.3 Å². The molecule has 4 aromatic rings. The van der Waals surface area contributed by atoms with Crippen LogP contribution >= 0.6 is 0 Å². The zero-order valence-corrected chi connectivity index (χ0v) is 18.1. The summed E-state index contributed by atoms with van der Waals surface area (Å²) in [5, 5.41) is 4.17. The van der Waals surface area contributed by atoms with Crippen LogP contribution in [0.5, 0.6) is 0 Å².